The summed E-state index contributed by atoms with van der Waals surface area (Å²) < 4.78 is 11.9. The molecule has 0 saturated carbocycles. The number of hydrogen-bond donors (Lipinski definition) is 2. The molecule has 0 aromatic heterocycles. The van der Waals surface area contributed by atoms with Gasteiger partial charge in [-0.2, -0.15) is 0 Å². The van der Waals surface area contributed by atoms with Crippen LogP contribution in [0.2, 0.25) is 0 Å². The van der Waals surface area contributed by atoms with Crippen molar-refractivity contribution in [1.29, 1.82) is 0 Å². The molecule has 0 aliphatic carbocycles. The number of rotatable bonds is 5. The summed E-state index contributed by atoms with van der Waals surface area (Å²) in [5, 5.41) is 3.28. The Morgan fingerprint density at radius 1 is 1.45 bits per heavy atom. The second-order valence-electron chi connectivity index (χ2n) is 6.76. The van der Waals surface area contributed by atoms with E-state index in [2.05, 4.69) is 15.2 Å². The third-order valence-electron chi connectivity index (χ3n) is 3.77. The van der Waals surface area contributed by atoms with Crippen LogP contribution in [0.25, 0.3) is 0 Å². The highest BCUT2D eigenvalue weighted by Gasteiger charge is 2.24. The molecule has 128 valence electrons. The first-order chi connectivity index (χ1) is 10.2. The topological polar surface area (TPSA) is 87.8 Å². The molecule has 22 heavy (non-hydrogen) atoms. The van der Waals surface area contributed by atoms with Gasteiger partial charge in [-0.15, -0.1) is 0 Å². The summed E-state index contributed by atoms with van der Waals surface area (Å²) >= 11 is 0. The average molecular weight is 330 g/mol. The van der Waals surface area contributed by atoms with Crippen LogP contribution in [-0.2, 0) is 15.6 Å². The largest absolute Gasteiger partial charge is 0.370 e. The summed E-state index contributed by atoms with van der Waals surface area (Å²) in [7, 11) is 0.878. The molecule has 1 amide bonds. The Morgan fingerprint density at radius 2 is 2.14 bits per heavy atom. The maximum absolute atomic E-state index is 12.1. The number of guanidine groups is 1. The number of primary amides is 1. The summed E-state index contributed by atoms with van der Waals surface area (Å²) in [4.78, 5) is 17.5. The van der Waals surface area contributed by atoms with E-state index in [4.69, 9.17) is 5.73 Å². The van der Waals surface area contributed by atoms with Crippen LogP contribution in [0.4, 0.5) is 0 Å². The Balaban J connectivity index is 2.47. The molecule has 6 nitrogen and oxygen atoms in total. The van der Waals surface area contributed by atoms with Crippen molar-refractivity contribution in [2.45, 2.75) is 44.8 Å². The molecule has 0 radical (unpaired) electrons. The number of nitrogens with one attached hydrogen (secondary N) is 1. The summed E-state index contributed by atoms with van der Waals surface area (Å²) in [6.45, 7) is 8.31. The molecule has 0 aromatic carbocycles. The van der Waals surface area contributed by atoms with Gasteiger partial charge in [0.2, 0.25) is 5.91 Å². The smallest absolute Gasteiger partial charge is 0.217 e. The van der Waals surface area contributed by atoms with Crippen LogP contribution in [0.5, 0.6) is 0 Å². The third-order valence-corrected chi connectivity index (χ3v) is 5.71. The molecule has 1 aliphatic rings. The van der Waals surface area contributed by atoms with Gasteiger partial charge in [0.15, 0.2) is 5.96 Å². The number of hydrogen-bond acceptors (Lipinski definition) is 3. The number of likely N-dealkylation sites (tertiary alicyclic amines) is 1. The van der Waals surface area contributed by atoms with Gasteiger partial charge in [0, 0.05) is 54.4 Å². The molecule has 1 aliphatic heterocycles. The second kappa shape index (κ2) is 8.50. The zero-order valence-corrected chi connectivity index (χ0v) is 15.0. The van der Waals surface area contributed by atoms with Gasteiger partial charge < -0.3 is 16.0 Å². The van der Waals surface area contributed by atoms with Crippen LogP contribution in [0.1, 0.15) is 40.0 Å². The van der Waals surface area contributed by atoms with Crippen LogP contribution < -0.4 is 11.1 Å². The predicted octanol–water partition coefficient (Wildman–Crippen LogP) is 0.696. The van der Waals surface area contributed by atoms with E-state index in [1.165, 1.54) is 0 Å². The fraction of sp³-hybridized carbons (Fsp3) is 0.867. The van der Waals surface area contributed by atoms with E-state index < -0.39 is 10.8 Å². The number of carbonyl (C=O) groups excluding carboxylic acids is 1. The number of amides is 1. The normalized spacial score (nSPS) is 21.5. The zero-order valence-electron chi connectivity index (χ0n) is 14.2. The molecule has 1 heterocycles. The number of nitrogens with two attached hydrogens (primary N) is 1. The van der Waals surface area contributed by atoms with Crippen molar-refractivity contribution in [3.8, 4) is 0 Å². The summed E-state index contributed by atoms with van der Waals surface area (Å²) in [5.41, 5.74) is 5.29. The molecule has 2 atom stereocenters. The number of aliphatic imine (C=N–C) groups is 1. The Labute approximate surface area is 136 Å². The summed E-state index contributed by atoms with van der Waals surface area (Å²) in [6, 6.07) is 0. The van der Waals surface area contributed by atoms with E-state index in [0.29, 0.717) is 24.6 Å². The van der Waals surface area contributed by atoms with Crippen LogP contribution in [0.3, 0.4) is 0 Å². The average Bonchev–Trinajstić information content (AvgIpc) is 2.42. The van der Waals surface area contributed by atoms with Crippen LogP contribution >= 0.6 is 0 Å². The lowest BCUT2D eigenvalue weighted by atomic mass is 9.95. The molecule has 7 heteroatoms. The third kappa shape index (κ3) is 6.34. The van der Waals surface area contributed by atoms with Crippen molar-refractivity contribution in [1.82, 2.24) is 10.2 Å². The Kier molecular flexibility index (Phi) is 7.32. The first-order valence-corrected chi connectivity index (χ1v) is 9.18. The fourth-order valence-electron chi connectivity index (χ4n) is 2.60. The van der Waals surface area contributed by atoms with Gasteiger partial charge in [0.25, 0.3) is 0 Å². The number of carbonyl (C=O) groups is 1. The summed E-state index contributed by atoms with van der Waals surface area (Å²) in [6.07, 6.45) is 2.50. The molecular weight excluding hydrogens is 300 g/mol. The molecule has 0 spiro atoms. The lowest BCUT2D eigenvalue weighted by Crippen LogP contribution is -2.48. The van der Waals surface area contributed by atoms with Gasteiger partial charge in [-0.1, -0.05) is 0 Å². The predicted molar refractivity (Wildman–Crippen MR) is 92.2 cm³/mol. The number of nitrogens with zero attached hydrogens (tertiary/aromatic N) is 2. The molecule has 3 N–H and O–H groups in total. The van der Waals surface area contributed by atoms with Crippen LogP contribution in [0, 0.1) is 5.92 Å². The van der Waals surface area contributed by atoms with Crippen molar-refractivity contribution in [2.75, 3.05) is 32.4 Å². The van der Waals surface area contributed by atoms with Crippen molar-refractivity contribution >= 4 is 22.7 Å². The minimum Gasteiger partial charge on any atom is -0.370 e. The molecule has 0 aromatic rings. The maximum Gasteiger partial charge on any atom is 0.217 e. The zero-order chi connectivity index (χ0) is 16.8. The fourth-order valence-corrected chi connectivity index (χ4v) is 3.50. The molecule has 1 saturated heterocycles. The van der Waals surface area contributed by atoms with Gasteiger partial charge in [0.05, 0.1) is 0 Å². The van der Waals surface area contributed by atoms with E-state index in [9.17, 15) is 9.00 Å². The van der Waals surface area contributed by atoms with Gasteiger partial charge in [-0.25, -0.2) is 0 Å². The van der Waals surface area contributed by atoms with E-state index in [-0.39, 0.29) is 10.7 Å². The molecule has 1 rings (SSSR count). The van der Waals surface area contributed by atoms with E-state index in [1.54, 1.807) is 7.05 Å². The highest BCUT2D eigenvalue weighted by Crippen LogP contribution is 2.19. The first kappa shape index (κ1) is 18.9. The lowest BCUT2D eigenvalue weighted by Gasteiger charge is -2.34. The van der Waals surface area contributed by atoms with E-state index in [1.807, 2.05) is 20.8 Å². The Hall–Kier alpha value is -1.11. The monoisotopic (exact) mass is 330 g/mol. The maximum atomic E-state index is 12.1. The Morgan fingerprint density at radius 3 is 2.68 bits per heavy atom. The van der Waals surface area contributed by atoms with Gasteiger partial charge in [0.1, 0.15) is 0 Å². The van der Waals surface area contributed by atoms with Crippen molar-refractivity contribution in [3.63, 3.8) is 0 Å². The Bertz CT molecular complexity index is 432. The van der Waals surface area contributed by atoms with Crippen LogP contribution in [0.15, 0.2) is 4.99 Å². The first-order valence-electron chi connectivity index (χ1n) is 7.86. The highest BCUT2D eigenvalue weighted by atomic mass is 32.2. The number of piperidine rings is 1. The molecule has 2 unspecified atom stereocenters. The van der Waals surface area contributed by atoms with E-state index in [0.717, 1.165) is 31.9 Å². The van der Waals surface area contributed by atoms with Crippen molar-refractivity contribution in [3.05, 3.63) is 0 Å². The minimum absolute atomic E-state index is 0.192. The second-order valence-corrected chi connectivity index (χ2v) is 9.08. The molecule has 0 bridgehead atoms. The van der Waals surface area contributed by atoms with Crippen molar-refractivity contribution < 1.29 is 9.00 Å². The van der Waals surface area contributed by atoms with Crippen molar-refractivity contribution in [2.24, 2.45) is 16.6 Å². The quantitative estimate of drug-likeness (QED) is 0.574. The van der Waals surface area contributed by atoms with Gasteiger partial charge in [-0.3, -0.25) is 14.0 Å². The van der Waals surface area contributed by atoms with Gasteiger partial charge in [-0.05, 0) is 39.5 Å². The summed E-state index contributed by atoms with van der Waals surface area (Å²) in [5.74, 6) is 1.48. The van der Waals surface area contributed by atoms with Gasteiger partial charge >= 0.3 is 0 Å². The molecular formula is C15H30N4O2S. The standard InChI is InChI=1S/C15H30N4O2S/c1-15(2,3)22(21)9-7-18-14(17-4)19-8-5-6-12(11-19)10-13(16)20/h12H,5-11H2,1-4H3,(H2,16,20)(H,17,18). The minimum atomic E-state index is -0.873. The lowest BCUT2D eigenvalue weighted by molar-refractivity contribution is -0.119. The van der Waals surface area contributed by atoms with Crippen LogP contribution in [-0.4, -0.2) is 58.2 Å². The highest BCUT2D eigenvalue weighted by molar-refractivity contribution is 7.86. The van der Waals surface area contributed by atoms with E-state index >= 15 is 0 Å². The molecule has 1 fully saturated rings. The SMILES string of the molecule is CN=C(NCCS(=O)C(C)(C)C)N1CCCC(CC(N)=O)C1.